The molecule has 2 N–H and O–H groups in total. The number of carbonyl (C=O) groups is 1. The van der Waals surface area contributed by atoms with Crippen molar-refractivity contribution in [2.24, 2.45) is 0 Å². The molecule has 1 saturated carbocycles. The number of sulfonamides is 1. The first-order valence-corrected chi connectivity index (χ1v) is 10.6. The summed E-state index contributed by atoms with van der Waals surface area (Å²) in [6.07, 6.45) is 4.18. The van der Waals surface area contributed by atoms with E-state index >= 15 is 0 Å². The van der Waals surface area contributed by atoms with E-state index in [1.54, 1.807) is 12.1 Å². The SMILES string of the molecule is O=C1Nc2ccc(NS(=O)(=O)CCc3ccccc3)cc2C12CCCC2. The molecule has 4 rings (SSSR count). The van der Waals surface area contributed by atoms with Gasteiger partial charge in [-0.1, -0.05) is 43.2 Å². The van der Waals surface area contributed by atoms with Crippen molar-refractivity contribution < 1.29 is 13.2 Å². The van der Waals surface area contributed by atoms with E-state index < -0.39 is 15.4 Å². The van der Waals surface area contributed by atoms with Crippen LogP contribution in [0.1, 0.15) is 36.8 Å². The first kappa shape index (κ1) is 17.1. The molecule has 0 aromatic heterocycles. The maximum absolute atomic E-state index is 12.5. The lowest BCUT2D eigenvalue weighted by molar-refractivity contribution is -0.120. The monoisotopic (exact) mass is 370 g/mol. The topological polar surface area (TPSA) is 75.3 Å². The van der Waals surface area contributed by atoms with Crippen LogP contribution in [0.25, 0.3) is 0 Å². The minimum Gasteiger partial charge on any atom is -0.325 e. The minimum absolute atomic E-state index is 0.0242. The molecule has 2 aliphatic rings. The van der Waals surface area contributed by atoms with Crippen LogP contribution in [0.2, 0.25) is 0 Å². The van der Waals surface area contributed by atoms with Gasteiger partial charge in [0, 0.05) is 11.4 Å². The van der Waals surface area contributed by atoms with Crippen LogP contribution < -0.4 is 10.0 Å². The first-order chi connectivity index (χ1) is 12.5. The van der Waals surface area contributed by atoms with E-state index in [9.17, 15) is 13.2 Å². The van der Waals surface area contributed by atoms with E-state index in [-0.39, 0.29) is 11.7 Å². The second-order valence-electron chi connectivity index (χ2n) is 7.16. The zero-order valence-electron chi connectivity index (χ0n) is 14.5. The van der Waals surface area contributed by atoms with Crippen molar-refractivity contribution in [3.63, 3.8) is 0 Å². The third-order valence-corrected chi connectivity index (χ3v) is 6.74. The first-order valence-electron chi connectivity index (χ1n) is 8.99. The predicted octanol–water partition coefficient (Wildman–Crippen LogP) is 3.43. The van der Waals surface area contributed by atoms with Crippen molar-refractivity contribution in [1.29, 1.82) is 0 Å². The van der Waals surface area contributed by atoms with E-state index in [4.69, 9.17) is 0 Å². The van der Waals surface area contributed by atoms with Crippen molar-refractivity contribution in [3.8, 4) is 0 Å². The van der Waals surface area contributed by atoms with Gasteiger partial charge in [0.05, 0.1) is 11.2 Å². The molecule has 0 unspecified atom stereocenters. The Labute approximate surface area is 153 Å². The number of aryl methyl sites for hydroxylation is 1. The highest BCUT2D eigenvalue weighted by Gasteiger charge is 2.48. The Kier molecular flexibility index (Phi) is 4.23. The third-order valence-electron chi connectivity index (χ3n) is 5.45. The molecule has 0 bridgehead atoms. The Hall–Kier alpha value is -2.34. The highest BCUT2D eigenvalue weighted by Crippen LogP contribution is 2.49. The molecular formula is C20H22N2O3S. The van der Waals surface area contributed by atoms with Crippen LogP contribution in [-0.2, 0) is 26.7 Å². The van der Waals surface area contributed by atoms with E-state index in [0.29, 0.717) is 12.1 Å². The van der Waals surface area contributed by atoms with Crippen molar-refractivity contribution in [1.82, 2.24) is 0 Å². The van der Waals surface area contributed by atoms with Crippen LogP contribution in [-0.4, -0.2) is 20.1 Å². The van der Waals surface area contributed by atoms with E-state index in [2.05, 4.69) is 10.0 Å². The van der Waals surface area contributed by atoms with Gasteiger partial charge in [-0.2, -0.15) is 0 Å². The Bertz CT molecular complexity index is 933. The third kappa shape index (κ3) is 3.09. The van der Waals surface area contributed by atoms with Crippen LogP contribution in [0.5, 0.6) is 0 Å². The van der Waals surface area contributed by atoms with Gasteiger partial charge >= 0.3 is 0 Å². The van der Waals surface area contributed by atoms with Crippen LogP contribution in [0.4, 0.5) is 11.4 Å². The van der Waals surface area contributed by atoms with Gasteiger partial charge in [-0.25, -0.2) is 8.42 Å². The number of anilines is 2. The molecule has 1 fully saturated rings. The largest absolute Gasteiger partial charge is 0.325 e. The number of hydrogen-bond acceptors (Lipinski definition) is 3. The molecule has 26 heavy (non-hydrogen) atoms. The van der Waals surface area contributed by atoms with Crippen molar-refractivity contribution in [2.75, 3.05) is 15.8 Å². The molecule has 136 valence electrons. The molecule has 2 aromatic carbocycles. The lowest BCUT2D eigenvalue weighted by Crippen LogP contribution is -2.31. The quantitative estimate of drug-likeness (QED) is 0.847. The molecule has 2 aromatic rings. The summed E-state index contributed by atoms with van der Waals surface area (Å²) in [4.78, 5) is 12.5. The average Bonchev–Trinajstić information content (AvgIpc) is 3.22. The molecule has 1 heterocycles. The Morgan fingerprint density at radius 1 is 1.04 bits per heavy atom. The lowest BCUT2D eigenvalue weighted by Gasteiger charge is -2.21. The lowest BCUT2D eigenvalue weighted by atomic mass is 9.80. The number of amides is 1. The molecule has 1 spiro atoms. The van der Waals surface area contributed by atoms with E-state index in [1.807, 2.05) is 36.4 Å². The summed E-state index contributed by atoms with van der Waals surface area (Å²) in [6.45, 7) is 0. The van der Waals surface area contributed by atoms with Gasteiger partial charge in [0.25, 0.3) is 0 Å². The average molecular weight is 370 g/mol. The van der Waals surface area contributed by atoms with Gasteiger partial charge < -0.3 is 5.32 Å². The Balaban J connectivity index is 1.52. The molecule has 6 heteroatoms. The second-order valence-corrected chi connectivity index (χ2v) is 9.00. The molecule has 5 nitrogen and oxygen atoms in total. The summed E-state index contributed by atoms with van der Waals surface area (Å²) in [5.41, 5.74) is 2.79. The fourth-order valence-electron chi connectivity index (χ4n) is 4.08. The maximum Gasteiger partial charge on any atom is 0.235 e. The van der Waals surface area contributed by atoms with Crippen LogP contribution in [0, 0.1) is 0 Å². The molecule has 1 amide bonds. The summed E-state index contributed by atoms with van der Waals surface area (Å²) < 4.78 is 27.6. The van der Waals surface area contributed by atoms with Crippen molar-refractivity contribution >= 4 is 27.3 Å². The second kappa shape index (κ2) is 6.43. The molecule has 0 atom stereocenters. The van der Waals surface area contributed by atoms with E-state index in [0.717, 1.165) is 42.5 Å². The Morgan fingerprint density at radius 3 is 2.50 bits per heavy atom. The summed E-state index contributed by atoms with van der Waals surface area (Å²) in [5.74, 6) is 0.0743. The van der Waals surface area contributed by atoms with Gasteiger partial charge in [0.15, 0.2) is 0 Å². The zero-order valence-corrected chi connectivity index (χ0v) is 15.3. The number of rotatable bonds is 5. The number of carbonyl (C=O) groups excluding carboxylic acids is 1. The van der Waals surface area contributed by atoms with E-state index in [1.165, 1.54) is 0 Å². The summed E-state index contributed by atoms with van der Waals surface area (Å²) in [5, 5.41) is 2.95. The number of fused-ring (bicyclic) bond motifs is 2. The van der Waals surface area contributed by atoms with Crippen LogP contribution in [0.3, 0.4) is 0 Å². The fourth-order valence-corrected chi connectivity index (χ4v) is 5.17. The minimum atomic E-state index is -3.45. The van der Waals surface area contributed by atoms with Gasteiger partial charge in [0.1, 0.15) is 0 Å². The van der Waals surface area contributed by atoms with Crippen molar-refractivity contribution in [3.05, 3.63) is 59.7 Å². The summed E-state index contributed by atoms with van der Waals surface area (Å²) in [7, 11) is -3.45. The number of hydrogen-bond donors (Lipinski definition) is 2. The molecular weight excluding hydrogens is 348 g/mol. The van der Waals surface area contributed by atoms with Crippen LogP contribution >= 0.6 is 0 Å². The number of benzene rings is 2. The van der Waals surface area contributed by atoms with Gasteiger partial charge in [0.2, 0.25) is 15.9 Å². The predicted molar refractivity (Wildman–Crippen MR) is 103 cm³/mol. The normalized spacial score (nSPS) is 17.9. The Morgan fingerprint density at radius 2 is 1.77 bits per heavy atom. The molecule has 1 aliphatic carbocycles. The highest BCUT2D eigenvalue weighted by molar-refractivity contribution is 7.92. The summed E-state index contributed by atoms with van der Waals surface area (Å²) in [6, 6.07) is 14.9. The van der Waals surface area contributed by atoms with Gasteiger partial charge in [-0.15, -0.1) is 0 Å². The molecule has 0 saturated heterocycles. The summed E-state index contributed by atoms with van der Waals surface area (Å²) >= 11 is 0. The van der Waals surface area contributed by atoms with Crippen molar-refractivity contribution in [2.45, 2.75) is 37.5 Å². The fraction of sp³-hybridized carbons (Fsp3) is 0.350. The highest BCUT2D eigenvalue weighted by atomic mass is 32.2. The standard InChI is InChI=1S/C20H22N2O3S/c23-19-20(11-4-5-12-20)17-14-16(8-9-18(17)21-19)22-26(24,25)13-10-15-6-2-1-3-7-15/h1-3,6-9,14,22H,4-5,10-13H2,(H,21,23). The number of nitrogens with one attached hydrogen (secondary N) is 2. The molecule has 0 radical (unpaired) electrons. The smallest absolute Gasteiger partial charge is 0.235 e. The molecule has 1 aliphatic heterocycles. The van der Waals surface area contributed by atoms with Gasteiger partial charge in [-0.3, -0.25) is 9.52 Å². The van der Waals surface area contributed by atoms with Crippen LogP contribution in [0.15, 0.2) is 48.5 Å². The zero-order chi connectivity index (χ0) is 18.2. The maximum atomic E-state index is 12.5. The van der Waals surface area contributed by atoms with Gasteiger partial charge in [-0.05, 0) is 48.6 Å².